The maximum absolute atomic E-state index is 11.4. The van der Waals surface area contributed by atoms with Crippen molar-refractivity contribution in [1.82, 2.24) is 5.43 Å². The van der Waals surface area contributed by atoms with E-state index in [1.807, 2.05) is 49.4 Å². The lowest BCUT2D eigenvalue weighted by atomic mass is 10.0. The third-order valence-electron chi connectivity index (χ3n) is 3.36. The largest absolute Gasteiger partial charge is 0.478 e. The number of hydrazone groups is 1. The third kappa shape index (κ3) is 2.52. The molecule has 0 aromatic heterocycles. The first kappa shape index (κ1) is 13.7. The Bertz CT molecular complexity index is 715. The van der Waals surface area contributed by atoms with Gasteiger partial charge in [0.05, 0.1) is 5.56 Å². The highest BCUT2D eigenvalue weighted by Crippen LogP contribution is 2.41. The first-order chi connectivity index (χ1) is 10.1. The molecule has 0 radical (unpaired) electrons. The Morgan fingerprint density at radius 3 is 2.52 bits per heavy atom. The van der Waals surface area contributed by atoms with Crippen LogP contribution >= 0.6 is 11.8 Å². The predicted molar refractivity (Wildman–Crippen MR) is 84.5 cm³/mol. The Morgan fingerprint density at radius 1 is 1.14 bits per heavy atom. The Hall–Kier alpha value is -2.27. The first-order valence-electron chi connectivity index (χ1n) is 6.52. The maximum atomic E-state index is 11.4. The van der Waals surface area contributed by atoms with Crippen molar-refractivity contribution >= 4 is 22.8 Å². The van der Waals surface area contributed by atoms with Crippen molar-refractivity contribution in [2.75, 3.05) is 0 Å². The van der Waals surface area contributed by atoms with Crippen LogP contribution in [0.15, 0.2) is 59.7 Å². The van der Waals surface area contributed by atoms with Gasteiger partial charge in [-0.1, -0.05) is 60.3 Å². The minimum absolute atomic E-state index is 0.296. The van der Waals surface area contributed by atoms with E-state index in [0.717, 1.165) is 16.2 Å². The first-order valence-corrected chi connectivity index (χ1v) is 7.34. The fourth-order valence-electron chi connectivity index (χ4n) is 2.30. The zero-order chi connectivity index (χ0) is 14.9. The van der Waals surface area contributed by atoms with Gasteiger partial charge in [-0.05, 0) is 13.0 Å². The van der Waals surface area contributed by atoms with Gasteiger partial charge in [0, 0.05) is 11.1 Å². The zero-order valence-electron chi connectivity index (χ0n) is 11.4. The molecule has 0 aliphatic carbocycles. The highest BCUT2D eigenvalue weighted by atomic mass is 32.2. The van der Waals surface area contributed by atoms with Crippen LogP contribution in [0.25, 0.3) is 0 Å². The lowest BCUT2D eigenvalue weighted by Crippen LogP contribution is -2.30. The van der Waals surface area contributed by atoms with Gasteiger partial charge < -0.3 is 5.11 Å². The van der Waals surface area contributed by atoms with E-state index in [1.54, 1.807) is 12.1 Å². The summed E-state index contributed by atoms with van der Waals surface area (Å²) >= 11 is 1.53. The average molecular weight is 298 g/mol. The van der Waals surface area contributed by atoms with Gasteiger partial charge >= 0.3 is 5.97 Å². The van der Waals surface area contributed by atoms with Crippen molar-refractivity contribution in [1.29, 1.82) is 0 Å². The smallest absolute Gasteiger partial charge is 0.336 e. The number of rotatable bonds is 3. The molecule has 2 aromatic rings. The molecule has 0 saturated carbocycles. The Balaban J connectivity index is 1.94. The molecular formula is C16H14N2O2S. The number of carboxylic acid groups (broad SMARTS) is 1. The van der Waals surface area contributed by atoms with Crippen molar-refractivity contribution < 1.29 is 9.90 Å². The molecule has 1 atom stereocenters. The minimum Gasteiger partial charge on any atom is -0.478 e. The summed E-state index contributed by atoms with van der Waals surface area (Å²) in [5.74, 6) is -0.928. The number of nitrogens with one attached hydrogen (secondary N) is 1. The molecule has 0 spiro atoms. The molecule has 0 bridgehead atoms. The summed E-state index contributed by atoms with van der Waals surface area (Å²) in [7, 11) is 0. The predicted octanol–water partition coefficient (Wildman–Crippen LogP) is 3.26. The quantitative estimate of drug-likeness (QED) is 0.913. The molecule has 0 amide bonds. The molecule has 1 heterocycles. The molecule has 21 heavy (non-hydrogen) atoms. The van der Waals surface area contributed by atoms with Gasteiger partial charge in [-0.3, -0.25) is 5.43 Å². The van der Waals surface area contributed by atoms with Gasteiger partial charge in [0.1, 0.15) is 9.91 Å². The summed E-state index contributed by atoms with van der Waals surface area (Å²) in [5, 5.41) is 14.6. The van der Waals surface area contributed by atoms with E-state index in [4.69, 9.17) is 0 Å². The van der Waals surface area contributed by atoms with E-state index in [9.17, 15) is 9.90 Å². The molecule has 0 fully saturated rings. The van der Waals surface area contributed by atoms with Crippen LogP contribution in [-0.4, -0.2) is 16.1 Å². The summed E-state index contributed by atoms with van der Waals surface area (Å²) in [4.78, 5) is 10.8. The van der Waals surface area contributed by atoms with Crippen LogP contribution < -0.4 is 5.43 Å². The molecule has 1 unspecified atom stereocenters. The number of aromatic carboxylic acids is 1. The van der Waals surface area contributed by atoms with E-state index in [1.165, 1.54) is 11.8 Å². The van der Waals surface area contributed by atoms with Crippen LogP contribution in [0.1, 0.15) is 28.4 Å². The molecule has 0 saturated heterocycles. The van der Waals surface area contributed by atoms with Crippen LogP contribution in [0.4, 0.5) is 0 Å². The zero-order valence-corrected chi connectivity index (χ0v) is 12.2. The second-order valence-electron chi connectivity index (χ2n) is 4.88. The molecule has 5 heteroatoms. The van der Waals surface area contributed by atoms with Gasteiger partial charge in [-0.15, -0.1) is 0 Å². The highest BCUT2D eigenvalue weighted by molar-refractivity contribution is 8.15. The van der Waals surface area contributed by atoms with E-state index in [0.29, 0.717) is 5.56 Å². The number of carbonyl (C=O) groups is 1. The SMILES string of the molecule is CC1(c2ccccc2C(=O)O)NN=C(c2ccccc2)S1. The van der Waals surface area contributed by atoms with Crippen LogP contribution in [-0.2, 0) is 4.87 Å². The standard InChI is InChI=1S/C16H14N2O2S/c1-16(13-10-6-5-9-12(13)15(19)20)18-17-14(21-16)11-7-3-2-4-8-11/h2-10,18H,1H3,(H,19,20). The van der Waals surface area contributed by atoms with Crippen molar-refractivity contribution in [3.63, 3.8) is 0 Å². The molecular weight excluding hydrogens is 284 g/mol. The summed E-state index contributed by atoms with van der Waals surface area (Å²) in [6.07, 6.45) is 0. The number of carboxylic acids is 1. The van der Waals surface area contributed by atoms with Crippen molar-refractivity contribution in [2.45, 2.75) is 11.8 Å². The normalized spacial score (nSPS) is 20.7. The summed E-state index contributed by atoms with van der Waals surface area (Å²) < 4.78 is 0. The molecule has 4 nitrogen and oxygen atoms in total. The third-order valence-corrected chi connectivity index (χ3v) is 4.60. The van der Waals surface area contributed by atoms with E-state index < -0.39 is 10.8 Å². The van der Waals surface area contributed by atoms with Crippen LogP contribution in [0.5, 0.6) is 0 Å². The van der Waals surface area contributed by atoms with Gasteiger partial charge in [0.15, 0.2) is 0 Å². The number of benzene rings is 2. The van der Waals surface area contributed by atoms with E-state index >= 15 is 0 Å². The van der Waals surface area contributed by atoms with Crippen LogP contribution in [0.2, 0.25) is 0 Å². The Kier molecular flexibility index (Phi) is 3.43. The number of thioether (sulfide) groups is 1. The monoisotopic (exact) mass is 298 g/mol. The molecule has 106 valence electrons. The van der Waals surface area contributed by atoms with Crippen LogP contribution in [0.3, 0.4) is 0 Å². The lowest BCUT2D eigenvalue weighted by molar-refractivity contribution is 0.0694. The van der Waals surface area contributed by atoms with Gasteiger partial charge in [0.25, 0.3) is 0 Å². The van der Waals surface area contributed by atoms with Crippen molar-refractivity contribution in [3.05, 3.63) is 71.3 Å². The van der Waals surface area contributed by atoms with Gasteiger partial charge in [0.2, 0.25) is 0 Å². The molecule has 3 rings (SSSR count). The highest BCUT2D eigenvalue weighted by Gasteiger charge is 2.37. The topological polar surface area (TPSA) is 61.7 Å². The minimum atomic E-state index is -0.928. The fourth-order valence-corrected chi connectivity index (χ4v) is 3.41. The number of hydrogen-bond acceptors (Lipinski definition) is 4. The summed E-state index contributed by atoms with van der Waals surface area (Å²) in [5.41, 5.74) is 5.12. The maximum Gasteiger partial charge on any atom is 0.336 e. The Labute approximate surface area is 126 Å². The van der Waals surface area contributed by atoms with Crippen molar-refractivity contribution in [3.8, 4) is 0 Å². The Morgan fingerprint density at radius 2 is 1.81 bits per heavy atom. The summed E-state index contributed by atoms with van der Waals surface area (Å²) in [6, 6.07) is 16.9. The van der Waals surface area contributed by atoms with Crippen LogP contribution in [0, 0.1) is 0 Å². The average Bonchev–Trinajstić information content (AvgIpc) is 2.92. The van der Waals surface area contributed by atoms with E-state index in [2.05, 4.69) is 10.5 Å². The lowest BCUT2D eigenvalue weighted by Gasteiger charge is -2.24. The molecule has 1 aliphatic heterocycles. The second-order valence-corrected chi connectivity index (χ2v) is 6.29. The van der Waals surface area contributed by atoms with E-state index in [-0.39, 0.29) is 0 Å². The second kappa shape index (κ2) is 5.26. The van der Waals surface area contributed by atoms with Gasteiger partial charge in [-0.2, -0.15) is 5.10 Å². The molecule has 2 N–H and O–H groups in total. The van der Waals surface area contributed by atoms with Crippen molar-refractivity contribution in [2.24, 2.45) is 5.10 Å². The molecule has 1 aliphatic rings. The summed E-state index contributed by atoms with van der Waals surface area (Å²) in [6.45, 7) is 1.94. The molecule has 2 aromatic carbocycles. The number of nitrogens with zero attached hydrogens (tertiary/aromatic N) is 1. The van der Waals surface area contributed by atoms with Gasteiger partial charge in [-0.25, -0.2) is 4.79 Å². The fraction of sp³-hybridized carbons (Fsp3) is 0.125. The number of hydrogen-bond donors (Lipinski definition) is 2.